The Balaban J connectivity index is 3.25. The molecule has 0 N–H and O–H groups in total. The average Bonchev–Trinajstić information content (AvgIpc) is 2.20. The quantitative estimate of drug-likeness (QED) is 0.695. The molecule has 0 aromatic heterocycles. The molecule has 0 amide bonds. The first-order valence-corrected chi connectivity index (χ1v) is 5.05. The molecule has 0 saturated heterocycles. The third-order valence-corrected chi connectivity index (χ3v) is 2.76. The van der Waals surface area contributed by atoms with Gasteiger partial charge in [-0.2, -0.15) is 0 Å². The monoisotopic (exact) mass is 206 g/mol. The van der Waals surface area contributed by atoms with Crippen LogP contribution in [0.25, 0.3) is 0 Å². The number of hydrogen-bond donors (Lipinski definition) is 0. The Morgan fingerprint density at radius 3 is 2.40 bits per heavy atom. The van der Waals surface area contributed by atoms with Crippen molar-refractivity contribution in [3.8, 4) is 0 Å². The van der Waals surface area contributed by atoms with Crippen molar-refractivity contribution in [3.05, 3.63) is 34.9 Å². The van der Waals surface area contributed by atoms with Crippen molar-refractivity contribution in [2.75, 3.05) is 7.11 Å². The summed E-state index contributed by atoms with van der Waals surface area (Å²) in [6.07, 6.45) is 0. The topological polar surface area (TPSA) is 26.3 Å². The first kappa shape index (κ1) is 11.8. The molecule has 0 radical (unpaired) electrons. The minimum atomic E-state index is -0.579. The van der Waals surface area contributed by atoms with Crippen LogP contribution in [0.2, 0.25) is 0 Å². The number of rotatable bonds is 2. The summed E-state index contributed by atoms with van der Waals surface area (Å²) in [5, 5.41) is 0. The molecule has 0 bridgehead atoms. The third kappa shape index (κ3) is 2.20. The number of carbonyl (C=O) groups is 1. The Labute approximate surface area is 91.3 Å². The van der Waals surface area contributed by atoms with Crippen LogP contribution in [0.15, 0.2) is 18.2 Å². The number of hydrogen-bond acceptors (Lipinski definition) is 2. The molecule has 0 saturated carbocycles. The van der Waals surface area contributed by atoms with Crippen LogP contribution in [0.3, 0.4) is 0 Å². The van der Waals surface area contributed by atoms with E-state index in [9.17, 15) is 4.79 Å². The summed E-state index contributed by atoms with van der Waals surface area (Å²) < 4.78 is 4.83. The summed E-state index contributed by atoms with van der Waals surface area (Å²) in [7, 11) is 1.43. The highest BCUT2D eigenvalue weighted by Gasteiger charge is 2.32. The fourth-order valence-electron chi connectivity index (χ4n) is 1.77. The smallest absolute Gasteiger partial charge is 0.315 e. The molecule has 2 heteroatoms. The number of carbonyl (C=O) groups excluding carboxylic acids is 1. The van der Waals surface area contributed by atoms with Crippen molar-refractivity contribution in [1.29, 1.82) is 0 Å². The van der Waals surface area contributed by atoms with E-state index in [1.54, 1.807) is 0 Å². The summed E-state index contributed by atoms with van der Waals surface area (Å²) in [5.41, 5.74) is 2.74. The first-order valence-electron chi connectivity index (χ1n) is 5.05. The molecule has 15 heavy (non-hydrogen) atoms. The molecule has 0 atom stereocenters. The van der Waals surface area contributed by atoms with Crippen molar-refractivity contribution in [2.24, 2.45) is 0 Å². The van der Waals surface area contributed by atoms with E-state index >= 15 is 0 Å². The molecule has 0 fully saturated rings. The van der Waals surface area contributed by atoms with Crippen molar-refractivity contribution in [2.45, 2.75) is 33.1 Å². The lowest BCUT2D eigenvalue weighted by Gasteiger charge is -2.24. The molecule has 0 heterocycles. The Morgan fingerprint density at radius 1 is 1.27 bits per heavy atom. The van der Waals surface area contributed by atoms with E-state index in [2.05, 4.69) is 0 Å². The summed E-state index contributed by atoms with van der Waals surface area (Å²) in [4.78, 5) is 11.7. The van der Waals surface area contributed by atoms with Gasteiger partial charge in [0, 0.05) is 0 Å². The molecule has 1 rings (SSSR count). The normalized spacial score (nSPS) is 11.3. The van der Waals surface area contributed by atoms with Crippen LogP contribution >= 0.6 is 0 Å². The lowest BCUT2D eigenvalue weighted by molar-refractivity contribution is -0.146. The molecule has 1 aromatic rings. The molecule has 1 aromatic carbocycles. The molecule has 0 spiro atoms. The van der Waals surface area contributed by atoms with E-state index in [0.29, 0.717) is 0 Å². The van der Waals surface area contributed by atoms with Gasteiger partial charge in [-0.15, -0.1) is 0 Å². The van der Waals surface area contributed by atoms with E-state index in [0.717, 1.165) is 16.7 Å². The minimum Gasteiger partial charge on any atom is -0.468 e. The van der Waals surface area contributed by atoms with Gasteiger partial charge >= 0.3 is 5.97 Å². The lowest BCUT2D eigenvalue weighted by Crippen LogP contribution is -2.31. The van der Waals surface area contributed by atoms with Crippen LogP contribution in [0.4, 0.5) is 0 Å². The van der Waals surface area contributed by atoms with Gasteiger partial charge in [0.05, 0.1) is 12.5 Å². The van der Waals surface area contributed by atoms with Crippen LogP contribution in [-0.2, 0) is 14.9 Å². The molecule has 0 unspecified atom stereocenters. The van der Waals surface area contributed by atoms with Gasteiger partial charge in [-0.3, -0.25) is 4.79 Å². The molecule has 0 aliphatic heterocycles. The van der Waals surface area contributed by atoms with Crippen LogP contribution in [-0.4, -0.2) is 13.1 Å². The van der Waals surface area contributed by atoms with Gasteiger partial charge in [-0.05, 0) is 38.8 Å². The lowest BCUT2D eigenvalue weighted by atomic mass is 9.81. The average molecular weight is 206 g/mol. The van der Waals surface area contributed by atoms with Gasteiger partial charge < -0.3 is 4.74 Å². The maximum Gasteiger partial charge on any atom is 0.315 e. The number of benzene rings is 1. The van der Waals surface area contributed by atoms with Gasteiger partial charge in [0.15, 0.2) is 0 Å². The summed E-state index contributed by atoms with van der Waals surface area (Å²) in [6.45, 7) is 7.82. The predicted molar refractivity (Wildman–Crippen MR) is 61.0 cm³/mol. The zero-order valence-corrected chi connectivity index (χ0v) is 10.0. The van der Waals surface area contributed by atoms with Gasteiger partial charge in [0.2, 0.25) is 0 Å². The van der Waals surface area contributed by atoms with Crippen LogP contribution in [0, 0.1) is 13.8 Å². The van der Waals surface area contributed by atoms with Gasteiger partial charge in [-0.1, -0.05) is 23.8 Å². The number of methoxy groups -OCH3 is 1. The first-order chi connectivity index (χ1) is 6.89. The summed E-state index contributed by atoms with van der Waals surface area (Å²) >= 11 is 0. The fraction of sp³-hybridized carbons (Fsp3) is 0.462. The minimum absolute atomic E-state index is 0.198. The van der Waals surface area contributed by atoms with Crippen LogP contribution in [0.1, 0.15) is 30.5 Å². The highest BCUT2D eigenvalue weighted by molar-refractivity contribution is 5.82. The highest BCUT2D eigenvalue weighted by Crippen LogP contribution is 2.28. The van der Waals surface area contributed by atoms with Gasteiger partial charge in [0.25, 0.3) is 0 Å². The van der Waals surface area contributed by atoms with Crippen molar-refractivity contribution in [3.63, 3.8) is 0 Å². The van der Waals surface area contributed by atoms with Crippen molar-refractivity contribution < 1.29 is 9.53 Å². The largest absolute Gasteiger partial charge is 0.468 e. The SMILES string of the molecule is COC(=O)C(C)(C)c1cc(C)ccc1C. The van der Waals surface area contributed by atoms with Crippen LogP contribution in [0.5, 0.6) is 0 Å². The van der Waals surface area contributed by atoms with Crippen LogP contribution < -0.4 is 0 Å². The number of esters is 1. The second kappa shape index (κ2) is 4.05. The molecule has 0 aliphatic rings. The third-order valence-electron chi connectivity index (χ3n) is 2.76. The zero-order valence-electron chi connectivity index (χ0n) is 10.0. The van der Waals surface area contributed by atoms with Crippen molar-refractivity contribution >= 4 is 5.97 Å². The summed E-state index contributed by atoms with van der Waals surface area (Å²) in [6, 6.07) is 6.13. The van der Waals surface area contributed by atoms with E-state index in [1.165, 1.54) is 7.11 Å². The Hall–Kier alpha value is -1.31. The molecule has 82 valence electrons. The molecule has 0 aliphatic carbocycles. The Morgan fingerprint density at radius 2 is 1.87 bits per heavy atom. The van der Waals surface area contributed by atoms with E-state index < -0.39 is 5.41 Å². The molecular formula is C13H18O2. The van der Waals surface area contributed by atoms with E-state index in [4.69, 9.17) is 4.74 Å². The Bertz CT molecular complexity index is 378. The predicted octanol–water partition coefficient (Wildman–Crippen LogP) is 2.75. The number of ether oxygens (including phenoxy) is 1. The van der Waals surface area contributed by atoms with Gasteiger partial charge in [-0.25, -0.2) is 0 Å². The molecule has 2 nitrogen and oxygen atoms in total. The molecular weight excluding hydrogens is 188 g/mol. The summed E-state index contributed by atoms with van der Waals surface area (Å²) in [5.74, 6) is -0.198. The maximum atomic E-state index is 11.7. The fourth-order valence-corrected chi connectivity index (χ4v) is 1.77. The zero-order chi connectivity index (χ0) is 11.6. The number of aryl methyl sites for hydroxylation is 2. The second-order valence-electron chi connectivity index (χ2n) is 4.43. The van der Waals surface area contributed by atoms with E-state index in [-0.39, 0.29) is 5.97 Å². The highest BCUT2D eigenvalue weighted by atomic mass is 16.5. The van der Waals surface area contributed by atoms with Crippen molar-refractivity contribution in [1.82, 2.24) is 0 Å². The Kier molecular flexibility index (Phi) is 3.18. The van der Waals surface area contributed by atoms with E-state index in [1.807, 2.05) is 45.9 Å². The second-order valence-corrected chi connectivity index (χ2v) is 4.43. The maximum absolute atomic E-state index is 11.7. The standard InChI is InChI=1S/C13H18O2/c1-9-6-7-10(2)11(8-9)13(3,4)12(14)15-5/h6-8H,1-5H3. The van der Waals surface area contributed by atoms with Gasteiger partial charge in [0.1, 0.15) is 0 Å².